The van der Waals surface area contributed by atoms with E-state index in [4.69, 9.17) is 0 Å². The number of hydrogen-bond acceptors (Lipinski definition) is 2. The molecular weight excluding hydrogens is 352 g/mol. The molecule has 0 unspecified atom stereocenters. The van der Waals surface area contributed by atoms with E-state index >= 15 is 0 Å². The second-order valence-corrected chi connectivity index (χ2v) is 8.40. The van der Waals surface area contributed by atoms with E-state index in [1.54, 1.807) is 19.0 Å². The van der Waals surface area contributed by atoms with Gasteiger partial charge >= 0.3 is 12.1 Å². The second-order valence-electron chi connectivity index (χ2n) is 8.40. The molecule has 3 rings (SSSR count). The number of unbranched alkanes of at least 4 members (excludes halogenated alkanes) is 2. The summed E-state index contributed by atoms with van der Waals surface area (Å²) < 4.78 is 0. The number of urea groups is 2. The van der Waals surface area contributed by atoms with Crippen LogP contribution in [0.5, 0.6) is 0 Å². The van der Waals surface area contributed by atoms with Crippen molar-refractivity contribution in [3.63, 3.8) is 0 Å². The highest BCUT2D eigenvalue weighted by Crippen LogP contribution is 2.46. The first-order valence-electron chi connectivity index (χ1n) is 10.5. The van der Waals surface area contributed by atoms with E-state index < -0.39 is 0 Å². The molecule has 4 amide bonds. The highest BCUT2D eigenvalue weighted by atomic mass is 16.2. The molecule has 6 heteroatoms. The lowest BCUT2D eigenvalue weighted by molar-refractivity contribution is 0.152. The molecule has 154 valence electrons. The third-order valence-corrected chi connectivity index (χ3v) is 6.14. The van der Waals surface area contributed by atoms with Gasteiger partial charge < -0.3 is 20.0 Å². The minimum atomic E-state index is 0.0268. The Hall–Kier alpha value is -2.24. The van der Waals surface area contributed by atoms with Gasteiger partial charge in [0, 0.05) is 52.1 Å². The van der Waals surface area contributed by atoms with Crippen LogP contribution in [-0.4, -0.2) is 67.0 Å². The van der Waals surface area contributed by atoms with Crippen LogP contribution in [-0.2, 0) is 0 Å². The van der Waals surface area contributed by atoms with Crippen LogP contribution in [0, 0.1) is 18.8 Å². The molecule has 1 aromatic carbocycles. The Morgan fingerprint density at radius 3 is 2.57 bits per heavy atom. The van der Waals surface area contributed by atoms with Gasteiger partial charge in [-0.15, -0.1) is 0 Å². The molecule has 0 saturated carbocycles. The summed E-state index contributed by atoms with van der Waals surface area (Å²) in [6.45, 7) is 7.15. The van der Waals surface area contributed by atoms with Gasteiger partial charge in [0.15, 0.2) is 0 Å². The van der Waals surface area contributed by atoms with E-state index in [1.165, 1.54) is 11.1 Å². The van der Waals surface area contributed by atoms with E-state index in [2.05, 4.69) is 31.3 Å². The number of rotatable bonds is 5. The van der Waals surface area contributed by atoms with Gasteiger partial charge in [-0.1, -0.05) is 44.0 Å². The standard InChI is InChI=1S/C22H34N4O2/c1-5-6-9-12-23-21(27)25-13-17-14-26(22(28)24(3)4)20(19(17)15-25)18-11-8-7-10-16(18)2/h7-8,10-11,17,19-20H,5-6,9,12-15H2,1-4H3,(H,23,27)/t17-,19-,20+/m1/s1. The van der Waals surface area contributed by atoms with Crippen molar-refractivity contribution in [2.75, 3.05) is 40.3 Å². The summed E-state index contributed by atoms with van der Waals surface area (Å²) in [6.07, 6.45) is 3.32. The summed E-state index contributed by atoms with van der Waals surface area (Å²) in [5, 5.41) is 3.07. The van der Waals surface area contributed by atoms with Crippen LogP contribution < -0.4 is 5.32 Å². The molecule has 3 atom stereocenters. The molecule has 0 bridgehead atoms. The maximum atomic E-state index is 12.8. The number of nitrogens with zero attached hydrogens (tertiary/aromatic N) is 3. The number of carbonyl (C=O) groups excluding carboxylic acids is 2. The summed E-state index contributed by atoms with van der Waals surface area (Å²) in [6, 6.07) is 8.44. The smallest absolute Gasteiger partial charge is 0.320 e. The molecule has 1 aromatic rings. The molecule has 0 aliphatic carbocycles. The monoisotopic (exact) mass is 386 g/mol. The van der Waals surface area contributed by atoms with Crippen molar-refractivity contribution in [3.05, 3.63) is 35.4 Å². The van der Waals surface area contributed by atoms with E-state index in [1.807, 2.05) is 21.9 Å². The molecule has 0 radical (unpaired) electrons. The van der Waals surface area contributed by atoms with Crippen LogP contribution >= 0.6 is 0 Å². The molecule has 6 nitrogen and oxygen atoms in total. The topological polar surface area (TPSA) is 55.9 Å². The SMILES string of the molecule is CCCCCNC(=O)N1C[C@@H]2CN(C(=O)N(C)C)[C@@H](c3ccccc3C)[C@@H]2C1. The molecule has 2 heterocycles. The fraction of sp³-hybridized carbons (Fsp3) is 0.636. The highest BCUT2D eigenvalue weighted by Gasteiger charge is 2.50. The van der Waals surface area contributed by atoms with Crippen molar-refractivity contribution in [3.8, 4) is 0 Å². The predicted molar refractivity (Wildman–Crippen MR) is 111 cm³/mol. The number of likely N-dealkylation sites (tertiary alicyclic amines) is 2. The van der Waals surface area contributed by atoms with E-state index in [-0.39, 0.29) is 24.0 Å². The van der Waals surface area contributed by atoms with Gasteiger partial charge in [0.2, 0.25) is 0 Å². The van der Waals surface area contributed by atoms with Gasteiger partial charge in [0.05, 0.1) is 6.04 Å². The predicted octanol–water partition coefficient (Wildman–Crippen LogP) is 3.48. The normalized spacial score (nSPS) is 23.6. The number of aryl methyl sites for hydroxylation is 1. The average Bonchev–Trinajstić information content (AvgIpc) is 3.23. The van der Waals surface area contributed by atoms with Crippen molar-refractivity contribution >= 4 is 12.1 Å². The summed E-state index contributed by atoms with van der Waals surface area (Å²) in [4.78, 5) is 31.1. The lowest BCUT2D eigenvalue weighted by Crippen LogP contribution is -2.44. The molecule has 28 heavy (non-hydrogen) atoms. The van der Waals surface area contributed by atoms with Crippen LogP contribution in [0.1, 0.15) is 43.4 Å². The molecule has 1 N–H and O–H groups in total. The van der Waals surface area contributed by atoms with Crippen molar-refractivity contribution in [1.82, 2.24) is 20.0 Å². The lowest BCUT2D eigenvalue weighted by atomic mass is 9.88. The van der Waals surface area contributed by atoms with Gasteiger partial charge in [-0.2, -0.15) is 0 Å². The number of hydrogen-bond donors (Lipinski definition) is 1. The Labute approximate surface area is 168 Å². The third kappa shape index (κ3) is 4.10. The van der Waals surface area contributed by atoms with Crippen molar-refractivity contribution in [2.45, 2.75) is 39.2 Å². The zero-order chi connectivity index (χ0) is 20.3. The first-order chi connectivity index (χ1) is 13.4. The Balaban J connectivity index is 1.75. The number of carbonyl (C=O) groups is 2. The number of nitrogens with one attached hydrogen (secondary N) is 1. The Bertz CT molecular complexity index is 706. The lowest BCUT2D eigenvalue weighted by Gasteiger charge is -2.32. The van der Waals surface area contributed by atoms with Gasteiger partial charge in [-0.05, 0) is 24.5 Å². The van der Waals surface area contributed by atoms with Crippen LogP contribution in [0.15, 0.2) is 24.3 Å². The zero-order valence-corrected chi connectivity index (χ0v) is 17.6. The summed E-state index contributed by atoms with van der Waals surface area (Å²) >= 11 is 0. The number of fused-ring (bicyclic) bond motifs is 1. The first kappa shape index (κ1) is 20.5. The van der Waals surface area contributed by atoms with Crippen LogP contribution in [0.25, 0.3) is 0 Å². The van der Waals surface area contributed by atoms with Crippen molar-refractivity contribution < 1.29 is 9.59 Å². The minimum Gasteiger partial charge on any atom is -0.338 e. The van der Waals surface area contributed by atoms with Crippen LogP contribution in [0.3, 0.4) is 0 Å². The number of amides is 4. The Morgan fingerprint density at radius 2 is 1.89 bits per heavy atom. The van der Waals surface area contributed by atoms with Gasteiger partial charge in [-0.3, -0.25) is 0 Å². The quantitative estimate of drug-likeness (QED) is 0.788. The van der Waals surface area contributed by atoms with Gasteiger partial charge in [0.1, 0.15) is 0 Å². The fourth-order valence-electron chi connectivity index (χ4n) is 4.66. The second kappa shape index (κ2) is 8.84. The van der Waals surface area contributed by atoms with E-state index in [0.29, 0.717) is 19.0 Å². The maximum absolute atomic E-state index is 12.8. The van der Waals surface area contributed by atoms with Crippen LogP contribution in [0.4, 0.5) is 9.59 Å². The Kier molecular flexibility index (Phi) is 6.47. The molecule has 2 aliphatic rings. The van der Waals surface area contributed by atoms with E-state index in [0.717, 1.165) is 32.4 Å². The molecular formula is C22H34N4O2. The molecule has 2 aliphatic heterocycles. The average molecular weight is 387 g/mol. The summed E-state index contributed by atoms with van der Waals surface area (Å²) in [5.74, 6) is 0.612. The summed E-state index contributed by atoms with van der Waals surface area (Å²) in [7, 11) is 3.61. The third-order valence-electron chi connectivity index (χ3n) is 6.14. The molecule has 2 saturated heterocycles. The first-order valence-corrected chi connectivity index (χ1v) is 10.5. The van der Waals surface area contributed by atoms with Crippen LogP contribution in [0.2, 0.25) is 0 Å². The van der Waals surface area contributed by atoms with E-state index in [9.17, 15) is 9.59 Å². The molecule has 0 spiro atoms. The minimum absolute atomic E-state index is 0.0268. The van der Waals surface area contributed by atoms with Crippen molar-refractivity contribution in [2.24, 2.45) is 11.8 Å². The summed E-state index contributed by atoms with van der Waals surface area (Å²) in [5.41, 5.74) is 2.41. The highest BCUT2D eigenvalue weighted by molar-refractivity contribution is 5.76. The zero-order valence-electron chi connectivity index (χ0n) is 17.6. The number of benzene rings is 1. The fourth-order valence-corrected chi connectivity index (χ4v) is 4.66. The Morgan fingerprint density at radius 1 is 1.14 bits per heavy atom. The molecule has 0 aromatic heterocycles. The van der Waals surface area contributed by atoms with Gasteiger partial charge in [0.25, 0.3) is 0 Å². The maximum Gasteiger partial charge on any atom is 0.320 e. The van der Waals surface area contributed by atoms with Gasteiger partial charge in [-0.25, -0.2) is 9.59 Å². The largest absolute Gasteiger partial charge is 0.338 e. The molecule has 2 fully saturated rings. The van der Waals surface area contributed by atoms with Crippen molar-refractivity contribution in [1.29, 1.82) is 0 Å².